The van der Waals surface area contributed by atoms with Crippen LogP contribution in [0.5, 0.6) is 5.75 Å². The summed E-state index contributed by atoms with van der Waals surface area (Å²) in [5.74, 6) is -0.248. The summed E-state index contributed by atoms with van der Waals surface area (Å²) in [4.78, 5) is 24.5. The Bertz CT molecular complexity index is 967. The number of hydrogen-bond acceptors (Lipinski definition) is 4. The third-order valence-electron chi connectivity index (χ3n) is 4.22. The molecule has 0 aromatic heterocycles. The van der Waals surface area contributed by atoms with E-state index in [2.05, 4.69) is 5.32 Å². The molecule has 3 rings (SSSR count). The summed E-state index contributed by atoms with van der Waals surface area (Å²) in [7, 11) is 1.55. The molecule has 138 valence electrons. The number of para-hydroxylation sites is 1. The van der Waals surface area contributed by atoms with E-state index in [0.29, 0.717) is 17.0 Å². The number of anilines is 1. The highest BCUT2D eigenvalue weighted by molar-refractivity contribution is 5.97. The first-order valence-electron chi connectivity index (χ1n) is 8.68. The van der Waals surface area contributed by atoms with Crippen molar-refractivity contribution in [1.82, 2.24) is 0 Å². The lowest BCUT2D eigenvalue weighted by molar-refractivity contribution is -0.152. The second kappa shape index (κ2) is 8.36. The lowest BCUT2D eigenvalue weighted by Gasteiger charge is -2.14. The molecule has 3 aromatic rings. The smallest absolute Gasteiger partial charge is 0.311 e. The molecule has 0 fully saturated rings. The third kappa shape index (κ3) is 4.64. The van der Waals surface area contributed by atoms with E-state index >= 15 is 0 Å². The molecule has 5 heteroatoms. The number of fused-ring (bicyclic) bond motifs is 1. The van der Waals surface area contributed by atoms with Crippen molar-refractivity contribution in [3.05, 3.63) is 72.3 Å². The van der Waals surface area contributed by atoms with Crippen LogP contribution < -0.4 is 10.1 Å². The molecule has 0 unspecified atom stereocenters. The van der Waals surface area contributed by atoms with Gasteiger partial charge in [0, 0.05) is 11.3 Å². The van der Waals surface area contributed by atoms with Gasteiger partial charge in [0.05, 0.1) is 13.5 Å². The number of carbonyl (C=O) groups excluding carboxylic acids is 2. The summed E-state index contributed by atoms with van der Waals surface area (Å²) in [6, 6.07) is 20.7. The van der Waals surface area contributed by atoms with E-state index < -0.39 is 12.1 Å². The van der Waals surface area contributed by atoms with Crippen LogP contribution in [-0.4, -0.2) is 25.1 Å². The van der Waals surface area contributed by atoms with E-state index in [9.17, 15) is 9.59 Å². The molecule has 0 aliphatic carbocycles. The fourth-order valence-electron chi connectivity index (χ4n) is 2.81. The number of ether oxygens (including phenoxy) is 2. The third-order valence-corrected chi connectivity index (χ3v) is 4.22. The van der Waals surface area contributed by atoms with Crippen LogP contribution in [0.25, 0.3) is 10.8 Å². The quantitative estimate of drug-likeness (QED) is 0.673. The SMILES string of the molecule is COc1ccccc1CC(=O)O[C@@H](C)C(=O)Nc1ccc2ccccc2c1. The second-order valence-corrected chi connectivity index (χ2v) is 6.17. The molecule has 1 N–H and O–H groups in total. The van der Waals surface area contributed by atoms with Gasteiger partial charge in [0.15, 0.2) is 6.10 Å². The highest BCUT2D eigenvalue weighted by Crippen LogP contribution is 2.20. The molecule has 0 saturated carbocycles. The maximum absolute atomic E-state index is 12.3. The molecule has 1 atom stereocenters. The van der Waals surface area contributed by atoms with Crippen molar-refractivity contribution in [3.63, 3.8) is 0 Å². The number of hydrogen-bond donors (Lipinski definition) is 1. The number of esters is 1. The zero-order valence-corrected chi connectivity index (χ0v) is 15.3. The highest BCUT2D eigenvalue weighted by Gasteiger charge is 2.19. The van der Waals surface area contributed by atoms with Crippen LogP contribution in [0.15, 0.2) is 66.7 Å². The Morgan fingerprint density at radius 3 is 2.44 bits per heavy atom. The standard InChI is InChI=1S/C22H21NO4/c1-15(27-21(24)14-18-9-5-6-10-20(18)26-2)22(25)23-19-12-11-16-7-3-4-8-17(16)13-19/h3-13,15H,14H2,1-2H3,(H,23,25)/t15-/m0/s1. The van der Waals surface area contributed by atoms with Crippen molar-refractivity contribution in [2.45, 2.75) is 19.4 Å². The van der Waals surface area contributed by atoms with E-state index in [1.165, 1.54) is 0 Å². The van der Waals surface area contributed by atoms with Gasteiger partial charge in [-0.2, -0.15) is 0 Å². The molecule has 0 aliphatic heterocycles. The maximum atomic E-state index is 12.3. The highest BCUT2D eigenvalue weighted by atomic mass is 16.5. The Hall–Kier alpha value is -3.34. The fraction of sp³-hybridized carbons (Fsp3) is 0.182. The van der Waals surface area contributed by atoms with E-state index in [4.69, 9.17) is 9.47 Å². The van der Waals surface area contributed by atoms with Crippen molar-refractivity contribution in [1.29, 1.82) is 0 Å². The van der Waals surface area contributed by atoms with Crippen LogP contribution in [0.4, 0.5) is 5.69 Å². The summed E-state index contributed by atoms with van der Waals surface area (Å²) in [5, 5.41) is 4.90. The van der Waals surface area contributed by atoms with Gasteiger partial charge in [-0.05, 0) is 35.9 Å². The van der Waals surface area contributed by atoms with Crippen LogP contribution in [0, 0.1) is 0 Å². The monoisotopic (exact) mass is 363 g/mol. The zero-order chi connectivity index (χ0) is 19.2. The Morgan fingerprint density at radius 1 is 0.963 bits per heavy atom. The molecule has 0 radical (unpaired) electrons. The maximum Gasteiger partial charge on any atom is 0.311 e. The number of methoxy groups -OCH3 is 1. The largest absolute Gasteiger partial charge is 0.496 e. The topological polar surface area (TPSA) is 64.6 Å². The number of nitrogens with one attached hydrogen (secondary N) is 1. The van der Waals surface area contributed by atoms with Crippen LogP contribution in [0.1, 0.15) is 12.5 Å². The minimum Gasteiger partial charge on any atom is -0.496 e. The van der Waals surface area contributed by atoms with E-state index in [1.807, 2.05) is 54.6 Å². The van der Waals surface area contributed by atoms with Gasteiger partial charge in [0.2, 0.25) is 0 Å². The van der Waals surface area contributed by atoms with Gasteiger partial charge < -0.3 is 14.8 Å². The van der Waals surface area contributed by atoms with E-state index in [-0.39, 0.29) is 12.3 Å². The normalized spacial score (nSPS) is 11.6. The van der Waals surface area contributed by atoms with Gasteiger partial charge in [-0.3, -0.25) is 9.59 Å². The zero-order valence-electron chi connectivity index (χ0n) is 15.3. The summed E-state index contributed by atoms with van der Waals surface area (Å²) in [6.45, 7) is 1.55. The molecular weight excluding hydrogens is 342 g/mol. The first-order valence-corrected chi connectivity index (χ1v) is 8.68. The Kier molecular flexibility index (Phi) is 5.71. The molecule has 3 aromatic carbocycles. The van der Waals surface area contributed by atoms with Crippen LogP contribution in [0.3, 0.4) is 0 Å². The molecule has 0 heterocycles. The van der Waals surface area contributed by atoms with Crippen LogP contribution >= 0.6 is 0 Å². The first kappa shape index (κ1) is 18.5. The lowest BCUT2D eigenvalue weighted by atomic mass is 10.1. The summed E-state index contributed by atoms with van der Waals surface area (Å²) < 4.78 is 10.5. The number of rotatable bonds is 6. The van der Waals surface area contributed by atoms with Crippen molar-refractivity contribution in [3.8, 4) is 5.75 Å². The number of carbonyl (C=O) groups is 2. The Balaban J connectivity index is 1.60. The van der Waals surface area contributed by atoms with Crippen molar-refractivity contribution in [2.24, 2.45) is 0 Å². The van der Waals surface area contributed by atoms with Crippen molar-refractivity contribution in [2.75, 3.05) is 12.4 Å². The first-order chi connectivity index (χ1) is 13.1. The van der Waals surface area contributed by atoms with Crippen molar-refractivity contribution < 1.29 is 19.1 Å². The van der Waals surface area contributed by atoms with Gasteiger partial charge in [-0.25, -0.2) is 0 Å². The molecule has 5 nitrogen and oxygen atoms in total. The molecule has 0 aliphatic rings. The summed E-state index contributed by atoms with van der Waals surface area (Å²) >= 11 is 0. The lowest BCUT2D eigenvalue weighted by Crippen LogP contribution is -2.30. The summed E-state index contributed by atoms with van der Waals surface area (Å²) in [6.07, 6.45) is -0.865. The summed E-state index contributed by atoms with van der Waals surface area (Å²) in [5.41, 5.74) is 1.37. The van der Waals surface area contributed by atoms with Gasteiger partial charge in [-0.15, -0.1) is 0 Å². The van der Waals surface area contributed by atoms with Crippen LogP contribution in [0.2, 0.25) is 0 Å². The second-order valence-electron chi connectivity index (χ2n) is 6.17. The molecule has 1 amide bonds. The Morgan fingerprint density at radius 2 is 1.67 bits per heavy atom. The average Bonchev–Trinajstić information content (AvgIpc) is 2.68. The van der Waals surface area contributed by atoms with Gasteiger partial charge in [0.25, 0.3) is 5.91 Å². The van der Waals surface area contributed by atoms with Gasteiger partial charge >= 0.3 is 5.97 Å². The van der Waals surface area contributed by atoms with E-state index in [0.717, 1.165) is 10.8 Å². The molecule has 0 saturated heterocycles. The molecular formula is C22H21NO4. The fourth-order valence-corrected chi connectivity index (χ4v) is 2.81. The minimum atomic E-state index is -0.904. The number of amides is 1. The van der Waals surface area contributed by atoms with Gasteiger partial charge in [-0.1, -0.05) is 48.5 Å². The minimum absolute atomic E-state index is 0.0393. The predicted octanol–water partition coefficient (Wildman–Crippen LogP) is 3.96. The Labute approximate surface area is 157 Å². The van der Waals surface area contributed by atoms with Gasteiger partial charge in [0.1, 0.15) is 5.75 Å². The van der Waals surface area contributed by atoms with E-state index in [1.54, 1.807) is 26.2 Å². The predicted molar refractivity (Wildman–Crippen MR) is 105 cm³/mol. The van der Waals surface area contributed by atoms with Crippen molar-refractivity contribution >= 4 is 28.3 Å². The average molecular weight is 363 g/mol. The molecule has 0 spiro atoms. The number of benzene rings is 3. The molecule has 0 bridgehead atoms. The molecule has 27 heavy (non-hydrogen) atoms. The van der Waals surface area contributed by atoms with Crippen LogP contribution in [-0.2, 0) is 20.7 Å².